The van der Waals surface area contributed by atoms with Crippen LogP contribution in [0, 0.1) is 0 Å². The van der Waals surface area contributed by atoms with Crippen LogP contribution in [0.3, 0.4) is 0 Å². The van der Waals surface area contributed by atoms with E-state index in [2.05, 4.69) is 10.5 Å². The molecular formula is C22H19Cl2N3O3S. The predicted molar refractivity (Wildman–Crippen MR) is 124 cm³/mol. The molecule has 0 atom stereocenters. The lowest BCUT2D eigenvalue weighted by atomic mass is 10.1. The molecule has 0 saturated heterocycles. The van der Waals surface area contributed by atoms with Crippen molar-refractivity contribution in [2.24, 2.45) is 5.10 Å². The Balaban J connectivity index is 1.84. The zero-order valence-corrected chi connectivity index (χ0v) is 18.8. The molecule has 0 unspecified atom stereocenters. The number of benzene rings is 3. The molecule has 160 valence electrons. The molecule has 0 aromatic heterocycles. The van der Waals surface area contributed by atoms with Crippen molar-refractivity contribution in [2.45, 2.75) is 11.8 Å². The molecule has 31 heavy (non-hydrogen) atoms. The Bertz CT molecular complexity index is 1180. The number of carbonyl (C=O) groups is 1. The first-order valence-electron chi connectivity index (χ1n) is 9.20. The third-order valence-electron chi connectivity index (χ3n) is 4.34. The predicted octanol–water partition coefficient (Wildman–Crippen LogP) is 4.73. The minimum Gasteiger partial charge on any atom is -0.271 e. The van der Waals surface area contributed by atoms with E-state index in [1.807, 2.05) is 0 Å². The Labute approximate surface area is 191 Å². The Morgan fingerprint density at radius 2 is 1.45 bits per heavy atom. The second kappa shape index (κ2) is 9.96. The summed E-state index contributed by atoms with van der Waals surface area (Å²) in [5.74, 6) is -0.595. The van der Waals surface area contributed by atoms with Crippen molar-refractivity contribution in [2.75, 3.05) is 10.8 Å². The fraction of sp³-hybridized carbons (Fsp3) is 0.0909. The quantitative estimate of drug-likeness (QED) is 0.396. The highest BCUT2D eigenvalue weighted by Gasteiger charge is 2.27. The molecule has 3 aromatic rings. The minimum absolute atomic E-state index is 0.0681. The second-order valence-corrected chi connectivity index (χ2v) is 9.28. The number of hydrogen-bond acceptors (Lipinski definition) is 4. The molecule has 0 aliphatic carbocycles. The number of hydrazone groups is 1. The van der Waals surface area contributed by atoms with E-state index >= 15 is 0 Å². The number of carbonyl (C=O) groups excluding carboxylic acids is 1. The van der Waals surface area contributed by atoms with Crippen LogP contribution in [0.15, 0.2) is 88.9 Å². The lowest BCUT2D eigenvalue weighted by Crippen LogP contribution is -2.39. The van der Waals surface area contributed by atoms with Gasteiger partial charge in [-0.05, 0) is 61.0 Å². The van der Waals surface area contributed by atoms with E-state index in [4.69, 9.17) is 23.2 Å². The van der Waals surface area contributed by atoms with Crippen molar-refractivity contribution in [3.8, 4) is 0 Å². The normalized spacial score (nSPS) is 11.8. The third-order valence-corrected chi connectivity index (χ3v) is 6.64. The maximum atomic E-state index is 13.2. The maximum absolute atomic E-state index is 13.2. The molecular weight excluding hydrogens is 457 g/mol. The summed E-state index contributed by atoms with van der Waals surface area (Å²) in [7, 11) is -3.99. The molecule has 9 heteroatoms. The van der Waals surface area contributed by atoms with Crippen molar-refractivity contribution in [3.05, 3.63) is 94.5 Å². The van der Waals surface area contributed by atoms with Crippen LogP contribution < -0.4 is 9.73 Å². The third kappa shape index (κ3) is 5.85. The average Bonchev–Trinajstić information content (AvgIpc) is 2.77. The molecule has 3 rings (SSSR count). The number of nitrogens with zero attached hydrogens (tertiary/aromatic N) is 2. The Morgan fingerprint density at radius 1 is 0.903 bits per heavy atom. The molecule has 3 aromatic carbocycles. The SMILES string of the molecule is C/C(=N/NC(=O)CN(c1ccc(Cl)cc1)S(=O)(=O)c1ccccc1)c1ccc(Cl)cc1. The molecule has 0 radical (unpaired) electrons. The molecule has 0 bridgehead atoms. The average molecular weight is 476 g/mol. The molecule has 0 saturated carbocycles. The summed E-state index contributed by atoms with van der Waals surface area (Å²) < 4.78 is 27.4. The smallest absolute Gasteiger partial charge is 0.264 e. The highest BCUT2D eigenvalue weighted by molar-refractivity contribution is 7.92. The maximum Gasteiger partial charge on any atom is 0.264 e. The van der Waals surface area contributed by atoms with Crippen molar-refractivity contribution in [3.63, 3.8) is 0 Å². The van der Waals surface area contributed by atoms with E-state index in [-0.39, 0.29) is 4.90 Å². The summed E-state index contributed by atoms with van der Waals surface area (Å²) in [5.41, 5.74) is 4.05. The van der Waals surface area contributed by atoms with Gasteiger partial charge < -0.3 is 0 Å². The van der Waals surface area contributed by atoms with Crippen LogP contribution in [-0.2, 0) is 14.8 Å². The Morgan fingerprint density at radius 3 is 2.03 bits per heavy atom. The molecule has 1 N–H and O–H groups in total. The first kappa shape index (κ1) is 22.8. The summed E-state index contributed by atoms with van der Waals surface area (Å²) >= 11 is 11.8. The second-order valence-electron chi connectivity index (χ2n) is 6.54. The van der Waals surface area contributed by atoms with Crippen LogP contribution in [-0.4, -0.2) is 26.6 Å². The molecule has 0 heterocycles. The molecule has 0 fully saturated rings. The van der Waals surface area contributed by atoms with E-state index in [0.717, 1.165) is 9.87 Å². The zero-order valence-electron chi connectivity index (χ0n) is 16.5. The molecule has 1 amide bonds. The number of rotatable bonds is 7. The van der Waals surface area contributed by atoms with Crippen LogP contribution >= 0.6 is 23.2 Å². The molecule has 0 aliphatic heterocycles. The van der Waals surface area contributed by atoms with Crippen LogP contribution in [0.4, 0.5) is 5.69 Å². The van der Waals surface area contributed by atoms with Gasteiger partial charge in [-0.15, -0.1) is 0 Å². The van der Waals surface area contributed by atoms with Crippen LogP contribution in [0.2, 0.25) is 10.0 Å². The van der Waals surface area contributed by atoms with Crippen molar-refractivity contribution >= 4 is 50.5 Å². The summed E-state index contributed by atoms with van der Waals surface area (Å²) in [6.45, 7) is 1.26. The Kier molecular flexibility index (Phi) is 7.33. The number of halogens is 2. The summed E-state index contributed by atoms with van der Waals surface area (Å²) in [5, 5.41) is 5.11. The van der Waals surface area contributed by atoms with Crippen molar-refractivity contribution in [1.29, 1.82) is 0 Å². The summed E-state index contributed by atoms with van der Waals surface area (Å²) in [6.07, 6.45) is 0. The largest absolute Gasteiger partial charge is 0.271 e. The van der Waals surface area contributed by atoms with Gasteiger partial charge in [0.05, 0.1) is 16.3 Å². The number of nitrogens with one attached hydrogen (secondary N) is 1. The number of sulfonamides is 1. The van der Waals surface area contributed by atoms with E-state index in [1.165, 1.54) is 12.1 Å². The summed E-state index contributed by atoms with van der Waals surface area (Å²) in [6, 6.07) is 21.1. The molecule has 6 nitrogen and oxygen atoms in total. The van der Waals surface area contributed by atoms with Gasteiger partial charge in [0.15, 0.2) is 0 Å². The fourth-order valence-electron chi connectivity index (χ4n) is 2.71. The van der Waals surface area contributed by atoms with Gasteiger partial charge in [-0.3, -0.25) is 9.10 Å². The standard InChI is InChI=1S/C22H19Cl2N3O3S/c1-16(17-7-9-18(23)10-8-17)25-26-22(28)15-27(20-13-11-19(24)12-14-20)31(29,30)21-5-3-2-4-6-21/h2-14H,15H2,1H3,(H,26,28)/b25-16-. The van der Waals surface area contributed by atoms with Gasteiger partial charge in [0.2, 0.25) is 0 Å². The van der Waals surface area contributed by atoms with Gasteiger partial charge in [-0.2, -0.15) is 5.10 Å². The van der Waals surface area contributed by atoms with Crippen LogP contribution in [0.5, 0.6) is 0 Å². The highest BCUT2D eigenvalue weighted by atomic mass is 35.5. The van der Waals surface area contributed by atoms with E-state index in [0.29, 0.717) is 21.4 Å². The first-order chi connectivity index (χ1) is 14.8. The zero-order chi connectivity index (χ0) is 22.4. The number of amides is 1. The summed E-state index contributed by atoms with van der Waals surface area (Å²) in [4.78, 5) is 12.7. The van der Waals surface area contributed by atoms with Crippen molar-refractivity contribution < 1.29 is 13.2 Å². The van der Waals surface area contributed by atoms with Gasteiger partial charge >= 0.3 is 0 Å². The van der Waals surface area contributed by atoms with Gasteiger partial charge in [-0.1, -0.05) is 53.5 Å². The van der Waals surface area contributed by atoms with Crippen LogP contribution in [0.1, 0.15) is 12.5 Å². The molecule has 0 spiro atoms. The van der Waals surface area contributed by atoms with Gasteiger partial charge in [0.25, 0.3) is 15.9 Å². The monoisotopic (exact) mass is 475 g/mol. The van der Waals surface area contributed by atoms with Crippen LogP contribution in [0.25, 0.3) is 0 Å². The van der Waals surface area contributed by atoms with Gasteiger partial charge in [-0.25, -0.2) is 13.8 Å². The topological polar surface area (TPSA) is 78.8 Å². The number of anilines is 1. The van der Waals surface area contributed by atoms with Gasteiger partial charge in [0, 0.05) is 10.0 Å². The lowest BCUT2D eigenvalue weighted by molar-refractivity contribution is -0.119. The molecule has 0 aliphatic rings. The van der Waals surface area contributed by atoms with E-state index in [9.17, 15) is 13.2 Å². The van der Waals surface area contributed by atoms with E-state index in [1.54, 1.807) is 73.7 Å². The first-order valence-corrected chi connectivity index (χ1v) is 11.4. The fourth-order valence-corrected chi connectivity index (χ4v) is 4.40. The highest BCUT2D eigenvalue weighted by Crippen LogP contribution is 2.25. The van der Waals surface area contributed by atoms with Gasteiger partial charge in [0.1, 0.15) is 6.54 Å². The van der Waals surface area contributed by atoms with E-state index < -0.39 is 22.5 Å². The Hall–Kier alpha value is -2.87. The minimum atomic E-state index is -3.99. The van der Waals surface area contributed by atoms with Crippen molar-refractivity contribution in [1.82, 2.24) is 5.43 Å². The lowest BCUT2D eigenvalue weighted by Gasteiger charge is -2.23. The number of hydrogen-bond donors (Lipinski definition) is 1.